The largest absolute Gasteiger partial charge is 0.478 e. The first-order chi connectivity index (χ1) is 14.3. The molecule has 1 aliphatic rings. The molecule has 0 saturated carbocycles. The number of piperidine rings is 1. The topological polar surface area (TPSA) is 155 Å². The molecule has 0 spiro atoms. The summed E-state index contributed by atoms with van der Waals surface area (Å²) >= 11 is 0. The van der Waals surface area contributed by atoms with Gasteiger partial charge in [0.15, 0.2) is 12.1 Å². The molecule has 6 N–H and O–H groups in total. The molecule has 1 fully saturated rings. The molecule has 2 aromatic rings. The number of rotatable bonds is 6. The number of aromatic carboxylic acids is 1. The number of carbonyl (C=O) groups is 3. The van der Waals surface area contributed by atoms with E-state index in [1.54, 1.807) is 30.3 Å². The smallest absolute Gasteiger partial charge is 0.336 e. The Morgan fingerprint density at radius 2 is 1.97 bits per heavy atom. The van der Waals surface area contributed by atoms with E-state index in [2.05, 4.69) is 10.6 Å². The van der Waals surface area contributed by atoms with Crippen LogP contribution < -0.4 is 16.4 Å². The number of carboxylic acid groups (broad SMARTS) is 1. The van der Waals surface area contributed by atoms with Crippen LogP contribution >= 0.6 is 0 Å². The average Bonchev–Trinajstić information content (AvgIpc) is 2.69. The number of ether oxygens (including phenoxy) is 1. The fourth-order valence-corrected chi connectivity index (χ4v) is 3.23. The Morgan fingerprint density at radius 1 is 1.23 bits per heavy atom. The molecule has 1 aliphatic heterocycles. The van der Waals surface area contributed by atoms with Gasteiger partial charge in [0.1, 0.15) is 0 Å². The standard InChI is InChI=1S/C21H22N4O5/c22-21(23)25-14-7-8-15(20(28)29)16(11-14)13-5-3-12(4-6-13)10-18(26)30-17-2-1-9-24-19(17)27/h3-8,11,17H,1-2,9-10H2,(H,24,27)(H,28,29)(H4,22,23,25). The number of hydrogen-bond donors (Lipinski definition) is 5. The zero-order valence-electron chi connectivity index (χ0n) is 16.1. The highest BCUT2D eigenvalue weighted by molar-refractivity contribution is 5.98. The molecule has 1 unspecified atom stereocenters. The number of nitrogens with one attached hydrogen (secondary N) is 3. The first kappa shape index (κ1) is 20.8. The van der Waals surface area contributed by atoms with Crippen LogP contribution in [0.3, 0.4) is 0 Å². The molecule has 2 aromatic carbocycles. The molecule has 1 heterocycles. The van der Waals surface area contributed by atoms with Gasteiger partial charge in [0.2, 0.25) is 0 Å². The van der Waals surface area contributed by atoms with Gasteiger partial charge in [0.25, 0.3) is 5.91 Å². The zero-order chi connectivity index (χ0) is 21.7. The quantitative estimate of drug-likeness (QED) is 0.276. The highest BCUT2D eigenvalue weighted by Gasteiger charge is 2.25. The monoisotopic (exact) mass is 410 g/mol. The Hall–Kier alpha value is -3.88. The fourth-order valence-electron chi connectivity index (χ4n) is 3.23. The van der Waals surface area contributed by atoms with Gasteiger partial charge in [-0.15, -0.1) is 0 Å². The van der Waals surface area contributed by atoms with Crippen molar-refractivity contribution < 1.29 is 24.2 Å². The Bertz CT molecular complexity index is 987. The summed E-state index contributed by atoms with van der Waals surface area (Å²) in [6, 6.07) is 11.4. The number of nitrogens with two attached hydrogens (primary N) is 1. The van der Waals surface area contributed by atoms with Crippen molar-refractivity contribution in [3.63, 3.8) is 0 Å². The first-order valence-corrected chi connectivity index (χ1v) is 9.38. The van der Waals surface area contributed by atoms with Crippen molar-refractivity contribution >= 4 is 29.5 Å². The summed E-state index contributed by atoms with van der Waals surface area (Å²) in [5.41, 5.74) is 7.67. The second-order valence-corrected chi connectivity index (χ2v) is 6.89. The number of anilines is 1. The van der Waals surface area contributed by atoms with Crippen LogP contribution in [-0.4, -0.2) is 41.6 Å². The van der Waals surface area contributed by atoms with Crippen LogP contribution in [0.5, 0.6) is 0 Å². The summed E-state index contributed by atoms with van der Waals surface area (Å²) in [6.07, 6.45) is 0.531. The highest BCUT2D eigenvalue weighted by Crippen LogP contribution is 2.28. The minimum absolute atomic E-state index is 0.00177. The molecular weight excluding hydrogens is 388 g/mol. The molecule has 1 atom stereocenters. The molecule has 0 bridgehead atoms. The van der Waals surface area contributed by atoms with Crippen molar-refractivity contribution in [1.29, 1.82) is 5.41 Å². The van der Waals surface area contributed by atoms with Gasteiger partial charge in [-0.3, -0.25) is 15.0 Å². The van der Waals surface area contributed by atoms with Gasteiger partial charge in [0.05, 0.1) is 12.0 Å². The highest BCUT2D eigenvalue weighted by atomic mass is 16.5. The van der Waals surface area contributed by atoms with E-state index < -0.39 is 18.0 Å². The van der Waals surface area contributed by atoms with Gasteiger partial charge >= 0.3 is 11.9 Å². The van der Waals surface area contributed by atoms with Crippen LogP contribution in [0.25, 0.3) is 11.1 Å². The van der Waals surface area contributed by atoms with Crippen molar-refractivity contribution in [3.05, 3.63) is 53.6 Å². The van der Waals surface area contributed by atoms with Gasteiger partial charge < -0.3 is 26.2 Å². The Morgan fingerprint density at radius 3 is 2.60 bits per heavy atom. The lowest BCUT2D eigenvalue weighted by Gasteiger charge is -2.21. The summed E-state index contributed by atoms with van der Waals surface area (Å²) in [5.74, 6) is -2.11. The third-order valence-electron chi connectivity index (χ3n) is 4.65. The SMILES string of the molecule is N=C(N)Nc1ccc(C(=O)O)c(-c2ccc(CC(=O)OC3CCCNC3=O)cc2)c1. The second-order valence-electron chi connectivity index (χ2n) is 6.89. The van der Waals surface area contributed by atoms with Crippen molar-refractivity contribution in [1.82, 2.24) is 5.32 Å². The number of carboxylic acids is 1. The molecule has 30 heavy (non-hydrogen) atoms. The number of benzene rings is 2. The van der Waals surface area contributed by atoms with Crippen LogP contribution in [0.1, 0.15) is 28.8 Å². The molecule has 156 valence electrons. The molecule has 9 heteroatoms. The number of guanidine groups is 1. The van der Waals surface area contributed by atoms with E-state index in [-0.39, 0.29) is 23.9 Å². The van der Waals surface area contributed by atoms with Crippen LogP contribution in [0.15, 0.2) is 42.5 Å². The maximum Gasteiger partial charge on any atom is 0.336 e. The van der Waals surface area contributed by atoms with E-state index >= 15 is 0 Å². The van der Waals surface area contributed by atoms with Crippen LogP contribution in [0, 0.1) is 5.41 Å². The Kier molecular flexibility index (Phi) is 6.31. The van der Waals surface area contributed by atoms with Crippen molar-refractivity contribution in [2.45, 2.75) is 25.4 Å². The van der Waals surface area contributed by atoms with Gasteiger partial charge in [-0.2, -0.15) is 0 Å². The van der Waals surface area contributed by atoms with Crippen LogP contribution in [-0.2, 0) is 20.7 Å². The van der Waals surface area contributed by atoms with E-state index in [1.807, 2.05) is 0 Å². The van der Waals surface area contributed by atoms with Gasteiger partial charge in [-0.1, -0.05) is 24.3 Å². The summed E-state index contributed by atoms with van der Waals surface area (Å²) < 4.78 is 5.26. The predicted molar refractivity (Wildman–Crippen MR) is 110 cm³/mol. The van der Waals surface area contributed by atoms with Crippen molar-refractivity contribution in [2.75, 3.05) is 11.9 Å². The predicted octanol–water partition coefficient (Wildman–Crippen LogP) is 1.72. The molecule has 9 nitrogen and oxygen atoms in total. The van der Waals surface area contributed by atoms with E-state index in [4.69, 9.17) is 15.9 Å². The van der Waals surface area contributed by atoms with Gasteiger partial charge in [-0.25, -0.2) is 4.79 Å². The lowest BCUT2D eigenvalue weighted by atomic mass is 9.97. The molecule has 0 aliphatic carbocycles. The minimum Gasteiger partial charge on any atom is -0.478 e. The second kappa shape index (κ2) is 9.08. The van der Waals surface area contributed by atoms with E-state index in [9.17, 15) is 19.5 Å². The maximum atomic E-state index is 12.2. The molecule has 1 amide bonds. The summed E-state index contributed by atoms with van der Waals surface area (Å²) in [7, 11) is 0. The van der Waals surface area contributed by atoms with Gasteiger partial charge in [0, 0.05) is 12.2 Å². The zero-order valence-corrected chi connectivity index (χ0v) is 16.1. The lowest BCUT2D eigenvalue weighted by molar-refractivity contribution is -0.156. The first-order valence-electron chi connectivity index (χ1n) is 9.38. The summed E-state index contributed by atoms with van der Waals surface area (Å²) in [4.78, 5) is 35.4. The Labute approximate surface area is 172 Å². The van der Waals surface area contributed by atoms with Crippen molar-refractivity contribution in [3.8, 4) is 11.1 Å². The number of amides is 1. The molecule has 0 aromatic heterocycles. The van der Waals surface area contributed by atoms with E-state index in [1.165, 1.54) is 12.1 Å². The maximum absolute atomic E-state index is 12.2. The minimum atomic E-state index is -1.09. The molecular formula is C21H22N4O5. The molecule has 1 saturated heterocycles. The normalized spacial score (nSPS) is 15.7. The van der Waals surface area contributed by atoms with Crippen LogP contribution in [0.2, 0.25) is 0 Å². The third-order valence-corrected chi connectivity index (χ3v) is 4.65. The van der Waals surface area contributed by atoms with Crippen LogP contribution in [0.4, 0.5) is 5.69 Å². The van der Waals surface area contributed by atoms with Gasteiger partial charge in [-0.05, 0) is 47.7 Å². The summed E-state index contributed by atoms with van der Waals surface area (Å²) in [6.45, 7) is 0.593. The number of esters is 1. The Balaban J connectivity index is 1.74. The third kappa shape index (κ3) is 5.13. The lowest BCUT2D eigenvalue weighted by Crippen LogP contribution is -2.42. The van der Waals surface area contributed by atoms with Crippen molar-refractivity contribution in [2.24, 2.45) is 5.73 Å². The summed E-state index contributed by atoms with van der Waals surface area (Å²) in [5, 5.41) is 22.1. The average molecular weight is 410 g/mol. The molecule has 0 radical (unpaired) electrons. The van der Waals surface area contributed by atoms with E-state index in [0.717, 1.165) is 6.42 Å². The molecule has 3 rings (SSSR count). The fraction of sp³-hybridized carbons (Fsp3) is 0.238. The number of hydrogen-bond acceptors (Lipinski definition) is 5. The number of carbonyl (C=O) groups excluding carboxylic acids is 2. The van der Waals surface area contributed by atoms with E-state index in [0.29, 0.717) is 35.3 Å².